The van der Waals surface area contributed by atoms with Gasteiger partial charge < -0.3 is 14.6 Å². The predicted molar refractivity (Wildman–Crippen MR) is 93.4 cm³/mol. The van der Waals surface area contributed by atoms with E-state index in [1.807, 2.05) is 54.6 Å². The minimum absolute atomic E-state index is 0.0266. The number of hydrogen-bond donors (Lipinski definition) is 2. The summed E-state index contributed by atoms with van der Waals surface area (Å²) in [5.74, 6) is -0.333. The van der Waals surface area contributed by atoms with Crippen LogP contribution in [0, 0.1) is 0 Å². The van der Waals surface area contributed by atoms with Crippen LogP contribution in [0.2, 0.25) is 0 Å². The van der Waals surface area contributed by atoms with Gasteiger partial charge in [0.25, 0.3) is 0 Å². The summed E-state index contributed by atoms with van der Waals surface area (Å²) in [6.07, 6.45) is 3.24. The lowest BCUT2D eigenvalue weighted by Crippen LogP contribution is -2.02. The largest absolute Gasteiger partial charge is 0.502 e. The van der Waals surface area contributed by atoms with Gasteiger partial charge in [-0.25, -0.2) is 0 Å². The van der Waals surface area contributed by atoms with Crippen LogP contribution < -0.4 is 5.43 Å². The van der Waals surface area contributed by atoms with E-state index in [1.165, 1.54) is 6.08 Å². The van der Waals surface area contributed by atoms with E-state index in [9.17, 15) is 9.90 Å². The van der Waals surface area contributed by atoms with E-state index in [0.717, 1.165) is 22.8 Å². The summed E-state index contributed by atoms with van der Waals surface area (Å²) in [4.78, 5) is 11.6. The second-order valence-corrected chi connectivity index (χ2v) is 5.27. The average Bonchev–Trinajstić information content (AvgIpc) is 2.64. The van der Waals surface area contributed by atoms with E-state index in [4.69, 9.17) is 9.52 Å². The van der Waals surface area contributed by atoms with Gasteiger partial charge in [0.05, 0.1) is 0 Å². The van der Waals surface area contributed by atoms with Crippen molar-refractivity contribution in [2.75, 3.05) is 0 Å². The maximum Gasteiger partial charge on any atom is 0.227 e. The quantitative estimate of drug-likeness (QED) is 0.769. The molecule has 4 nitrogen and oxygen atoms in total. The van der Waals surface area contributed by atoms with Crippen LogP contribution in [0.25, 0.3) is 23.3 Å². The van der Waals surface area contributed by atoms with Gasteiger partial charge in [-0.2, -0.15) is 0 Å². The molecular weight excluding hydrogens is 304 g/mol. The lowest BCUT2D eigenvalue weighted by Gasteiger charge is -2.03. The minimum atomic E-state index is -0.579. The van der Waals surface area contributed by atoms with Crippen LogP contribution in [-0.4, -0.2) is 10.2 Å². The molecule has 1 aromatic heterocycles. The fourth-order valence-corrected chi connectivity index (χ4v) is 2.34. The first-order valence-corrected chi connectivity index (χ1v) is 7.48. The fourth-order valence-electron chi connectivity index (χ4n) is 2.34. The van der Waals surface area contributed by atoms with Crippen molar-refractivity contribution in [1.29, 1.82) is 0 Å². The van der Waals surface area contributed by atoms with Crippen molar-refractivity contribution >= 4 is 12.2 Å². The van der Waals surface area contributed by atoms with E-state index < -0.39 is 17.8 Å². The fraction of sp³-hybridized carbons (Fsp3) is 0.0500. The molecule has 4 heteroatoms. The Morgan fingerprint density at radius 1 is 0.917 bits per heavy atom. The normalized spacial score (nSPS) is 11.0. The van der Waals surface area contributed by atoms with Crippen LogP contribution in [0.4, 0.5) is 0 Å². The number of aromatic hydroxyl groups is 1. The Hall–Kier alpha value is -3.11. The molecule has 3 aromatic rings. The van der Waals surface area contributed by atoms with E-state index in [-0.39, 0.29) is 11.5 Å². The maximum absolute atomic E-state index is 11.6. The van der Waals surface area contributed by atoms with Crippen LogP contribution in [-0.2, 0) is 6.61 Å². The number of aliphatic hydroxyl groups is 1. The van der Waals surface area contributed by atoms with Gasteiger partial charge in [0.15, 0.2) is 5.76 Å². The summed E-state index contributed by atoms with van der Waals surface area (Å²) < 4.78 is 5.27. The summed E-state index contributed by atoms with van der Waals surface area (Å²) >= 11 is 0. The molecule has 0 unspecified atom stereocenters. The molecule has 0 fully saturated rings. The average molecular weight is 320 g/mol. The number of benzene rings is 2. The summed E-state index contributed by atoms with van der Waals surface area (Å²) in [5.41, 5.74) is 2.55. The molecule has 0 aliphatic rings. The Morgan fingerprint density at radius 2 is 1.58 bits per heavy atom. The highest BCUT2D eigenvalue weighted by Gasteiger charge is 2.08. The maximum atomic E-state index is 11.6. The summed E-state index contributed by atoms with van der Waals surface area (Å²) in [7, 11) is 0. The van der Waals surface area contributed by atoms with Crippen LogP contribution in [0.1, 0.15) is 17.1 Å². The van der Waals surface area contributed by atoms with Crippen molar-refractivity contribution in [3.63, 3.8) is 0 Å². The van der Waals surface area contributed by atoms with Crippen molar-refractivity contribution in [2.45, 2.75) is 6.61 Å². The molecule has 2 aromatic carbocycles. The lowest BCUT2D eigenvalue weighted by atomic mass is 10.0. The summed E-state index contributed by atoms with van der Waals surface area (Å²) in [5, 5.41) is 18.8. The molecule has 0 saturated heterocycles. The topological polar surface area (TPSA) is 70.7 Å². The first kappa shape index (κ1) is 15.8. The highest BCUT2D eigenvalue weighted by atomic mass is 16.4. The molecule has 24 heavy (non-hydrogen) atoms. The van der Waals surface area contributed by atoms with Crippen molar-refractivity contribution < 1.29 is 14.6 Å². The summed E-state index contributed by atoms with van der Waals surface area (Å²) in [6, 6.07) is 19.0. The van der Waals surface area contributed by atoms with E-state index >= 15 is 0 Å². The number of hydrogen-bond acceptors (Lipinski definition) is 4. The molecule has 0 saturated carbocycles. The van der Waals surface area contributed by atoms with Gasteiger partial charge in [-0.15, -0.1) is 0 Å². The van der Waals surface area contributed by atoms with Gasteiger partial charge in [0.2, 0.25) is 11.2 Å². The second-order valence-electron chi connectivity index (χ2n) is 5.27. The molecule has 0 radical (unpaired) electrons. The zero-order valence-corrected chi connectivity index (χ0v) is 12.8. The van der Waals surface area contributed by atoms with Crippen LogP contribution in [0.3, 0.4) is 0 Å². The molecule has 120 valence electrons. The van der Waals surface area contributed by atoms with Crippen LogP contribution in [0.15, 0.2) is 69.9 Å². The third-order valence-electron chi connectivity index (χ3n) is 3.60. The summed E-state index contributed by atoms with van der Waals surface area (Å²) in [6.45, 7) is -0.401. The van der Waals surface area contributed by atoms with Gasteiger partial charge in [0.1, 0.15) is 12.4 Å². The minimum Gasteiger partial charge on any atom is -0.502 e. The van der Waals surface area contributed by atoms with Crippen molar-refractivity contribution in [1.82, 2.24) is 0 Å². The van der Waals surface area contributed by atoms with E-state index in [1.54, 1.807) is 6.08 Å². The van der Waals surface area contributed by atoms with Gasteiger partial charge in [-0.3, -0.25) is 4.79 Å². The Morgan fingerprint density at radius 3 is 2.25 bits per heavy atom. The zero-order valence-electron chi connectivity index (χ0n) is 12.8. The second kappa shape index (κ2) is 6.98. The highest BCUT2D eigenvalue weighted by Crippen LogP contribution is 2.21. The molecule has 0 aliphatic heterocycles. The smallest absolute Gasteiger partial charge is 0.227 e. The highest BCUT2D eigenvalue weighted by molar-refractivity contribution is 5.72. The third kappa shape index (κ3) is 3.45. The van der Waals surface area contributed by atoms with Gasteiger partial charge in [-0.1, -0.05) is 60.7 Å². The van der Waals surface area contributed by atoms with Crippen molar-refractivity contribution in [3.05, 3.63) is 88.0 Å². The lowest BCUT2D eigenvalue weighted by molar-refractivity contribution is 0.240. The molecule has 0 amide bonds. The first-order chi connectivity index (χ1) is 11.7. The van der Waals surface area contributed by atoms with E-state index in [0.29, 0.717) is 0 Å². The SMILES string of the molecule is O=c1cc(CO)oc(C=Cc2ccc(-c3ccccc3)cc2)c1O. The first-order valence-electron chi connectivity index (χ1n) is 7.48. The molecule has 0 atom stereocenters. The number of aliphatic hydroxyl groups excluding tert-OH is 1. The monoisotopic (exact) mass is 320 g/mol. The van der Waals surface area contributed by atoms with Crippen LogP contribution in [0.5, 0.6) is 5.75 Å². The van der Waals surface area contributed by atoms with E-state index in [2.05, 4.69) is 0 Å². The Balaban J connectivity index is 1.85. The van der Waals surface area contributed by atoms with Gasteiger partial charge in [-0.05, 0) is 22.8 Å². The molecule has 0 aliphatic carbocycles. The van der Waals surface area contributed by atoms with Crippen molar-refractivity contribution in [2.24, 2.45) is 0 Å². The standard InChI is InChI=1S/C20H16O4/c21-13-17-12-18(22)20(23)19(24-17)11-8-14-6-9-16(10-7-14)15-4-2-1-3-5-15/h1-12,21,23H,13H2. The predicted octanol–water partition coefficient (Wildman–Crippen LogP) is 3.68. The van der Waals surface area contributed by atoms with Crippen molar-refractivity contribution in [3.8, 4) is 16.9 Å². The molecule has 0 spiro atoms. The Kier molecular flexibility index (Phi) is 4.59. The molecule has 0 bridgehead atoms. The van der Waals surface area contributed by atoms with Gasteiger partial charge in [0, 0.05) is 6.07 Å². The van der Waals surface area contributed by atoms with Gasteiger partial charge >= 0.3 is 0 Å². The third-order valence-corrected chi connectivity index (χ3v) is 3.60. The van der Waals surface area contributed by atoms with Crippen LogP contribution >= 0.6 is 0 Å². The Bertz CT molecular complexity index is 907. The molecule has 3 rings (SSSR count). The Labute approximate surface area is 139 Å². The zero-order chi connectivity index (χ0) is 16.9. The molecule has 2 N–H and O–H groups in total. The number of rotatable bonds is 4. The molecule has 1 heterocycles. The molecular formula is C20H16O4.